The highest BCUT2D eigenvalue weighted by Crippen LogP contribution is 2.20. The molecule has 110 valence electrons. The van der Waals surface area contributed by atoms with E-state index < -0.39 is 0 Å². The molecule has 0 saturated carbocycles. The van der Waals surface area contributed by atoms with Crippen LogP contribution in [0.25, 0.3) is 10.2 Å². The zero-order valence-corrected chi connectivity index (χ0v) is 12.7. The summed E-state index contributed by atoms with van der Waals surface area (Å²) in [4.78, 5) is 35.6. The monoisotopic (exact) mass is 311 g/mol. The van der Waals surface area contributed by atoms with E-state index in [-0.39, 0.29) is 23.0 Å². The van der Waals surface area contributed by atoms with Gasteiger partial charge in [-0.3, -0.25) is 14.4 Å². The quantitative estimate of drug-likeness (QED) is 0.698. The smallest absolute Gasteiger partial charge is 0.295 e. The summed E-state index contributed by atoms with van der Waals surface area (Å²) in [5.74, 6) is -0.331. The third-order valence-electron chi connectivity index (χ3n) is 3.43. The van der Waals surface area contributed by atoms with Gasteiger partial charge < -0.3 is 0 Å². The lowest BCUT2D eigenvalue weighted by molar-refractivity contribution is 0.0916. The van der Waals surface area contributed by atoms with E-state index in [1.165, 1.54) is 11.5 Å². The van der Waals surface area contributed by atoms with Gasteiger partial charge in [0.2, 0.25) is 5.91 Å². The number of benzene rings is 2. The summed E-state index contributed by atoms with van der Waals surface area (Å²) in [6.45, 7) is 1.47. The maximum Gasteiger partial charge on any atom is 0.314 e. The molecule has 1 heterocycles. The van der Waals surface area contributed by atoms with Crippen LogP contribution in [0.5, 0.6) is 0 Å². The van der Waals surface area contributed by atoms with Gasteiger partial charge in [-0.05, 0) is 30.7 Å². The van der Waals surface area contributed by atoms with Gasteiger partial charge >= 0.3 is 4.87 Å². The first-order valence-corrected chi connectivity index (χ1v) is 7.61. The molecular weight excluding hydrogens is 298 g/mol. The van der Waals surface area contributed by atoms with Crippen molar-refractivity contribution in [3.05, 3.63) is 69.3 Å². The normalized spacial score (nSPS) is 10.8. The molecule has 2 aromatic carbocycles. The molecule has 0 N–H and O–H groups in total. The van der Waals surface area contributed by atoms with Crippen LogP contribution in [0.4, 0.5) is 0 Å². The molecule has 5 heteroatoms. The summed E-state index contributed by atoms with van der Waals surface area (Å²) in [5, 5.41) is 0. The topological polar surface area (TPSA) is 56.1 Å². The van der Waals surface area contributed by atoms with E-state index in [4.69, 9.17) is 0 Å². The molecule has 0 fully saturated rings. The second kappa shape index (κ2) is 5.69. The van der Waals surface area contributed by atoms with Crippen molar-refractivity contribution < 1.29 is 9.59 Å². The Morgan fingerprint density at radius 2 is 1.82 bits per heavy atom. The molecule has 0 spiro atoms. The predicted octanol–water partition coefficient (Wildman–Crippen LogP) is 3.15. The average molecular weight is 311 g/mol. The van der Waals surface area contributed by atoms with Crippen LogP contribution in [-0.2, 0) is 6.42 Å². The largest absolute Gasteiger partial charge is 0.314 e. The number of carbonyl (C=O) groups excluding carboxylic acids is 2. The first-order chi connectivity index (χ1) is 10.6. The van der Waals surface area contributed by atoms with Crippen molar-refractivity contribution in [2.45, 2.75) is 13.3 Å². The van der Waals surface area contributed by atoms with Crippen LogP contribution < -0.4 is 4.87 Å². The van der Waals surface area contributed by atoms with Crippen molar-refractivity contribution in [3.8, 4) is 0 Å². The lowest BCUT2D eigenvalue weighted by Crippen LogP contribution is -2.23. The molecule has 22 heavy (non-hydrogen) atoms. The molecule has 0 amide bonds. The molecule has 0 unspecified atom stereocenters. The maximum atomic E-state index is 12.4. The first-order valence-electron chi connectivity index (χ1n) is 6.80. The molecular formula is C17H13NO3S. The number of rotatable bonds is 3. The number of carbonyl (C=O) groups is 2. The van der Waals surface area contributed by atoms with Gasteiger partial charge in [-0.25, -0.2) is 4.57 Å². The Kier molecular flexibility index (Phi) is 3.73. The summed E-state index contributed by atoms with van der Waals surface area (Å²) < 4.78 is 1.84. The van der Waals surface area contributed by atoms with Crippen molar-refractivity contribution in [3.63, 3.8) is 0 Å². The van der Waals surface area contributed by atoms with Crippen LogP contribution in [0.3, 0.4) is 0 Å². The summed E-state index contributed by atoms with van der Waals surface area (Å²) in [6.07, 6.45) is 0.168. The highest BCUT2D eigenvalue weighted by Gasteiger charge is 2.15. The van der Waals surface area contributed by atoms with Crippen molar-refractivity contribution in [1.29, 1.82) is 0 Å². The molecule has 3 rings (SSSR count). The van der Waals surface area contributed by atoms with Crippen LogP contribution in [0.15, 0.2) is 53.3 Å². The number of hydrogen-bond acceptors (Lipinski definition) is 4. The third-order valence-corrected chi connectivity index (χ3v) is 4.34. The number of ketones is 1. The van der Waals surface area contributed by atoms with E-state index in [1.54, 1.807) is 18.2 Å². The van der Waals surface area contributed by atoms with Crippen LogP contribution >= 0.6 is 11.3 Å². The van der Waals surface area contributed by atoms with Crippen LogP contribution in [-0.4, -0.2) is 16.3 Å². The summed E-state index contributed by atoms with van der Waals surface area (Å²) >= 11 is 0.984. The highest BCUT2D eigenvalue weighted by atomic mass is 32.1. The Morgan fingerprint density at radius 3 is 2.50 bits per heavy atom. The zero-order valence-electron chi connectivity index (χ0n) is 11.9. The summed E-state index contributed by atoms with van der Waals surface area (Å²) in [5.41, 5.74) is 1.96. The Morgan fingerprint density at radius 1 is 1.09 bits per heavy atom. The van der Waals surface area contributed by atoms with E-state index >= 15 is 0 Å². The van der Waals surface area contributed by atoms with Crippen LogP contribution in [0, 0.1) is 0 Å². The van der Waals surface area contributed by atoms with Crippen LogP contribution in [0.2, 0.25) is 0 Å². The van der Waals surface area contributed by atoms with E-state index in [1.807, 2.05) is 30.3 Å². The molecule has 0 bridgehead atoms. The highest BCUT2D eigenvalue weighted by molar-refractivity contribution is 7.16. The predicted molar refractivity (Wildman–Crippen MR) is 86.9 cm³/mol. The maximum absolute atomic E-state index is 12.4. The molecule has 4 nitrogen and oxygen atoms in total. The molecule has 0 aliphatic heterocycles. The molecule has 1 aromatic heterocycles. The van der Waals surface area contributed by atoms with Gasteiger partial charge in [0.05, 0.1) is 16.6 Å². The Hall–Kier alpha value is -2.53. The fourth-order valence-corrected chi connectivity index (χ4v) is 3.25. The number of thiazole rings is 1. The van der Waals surface area contributed by atoms with Gasteiger partial charge in [-0.1, -0.05) is 41.7 Å². The fourth-order valence-electron chi connectivity index (χ4n) is 2.32. The van der Waals surface area contributed by atoms with E-state index in [9.17, 15) is 14.4 Å². The van der Waals surface area contributed by atoms with Crippen molar-refractivity contribution in [1.82, 2.24) is 4.57 Å². The lowest BCUT2D eigenvalue weighted by Gasteiger charge is -2.03. The molecule has 0 radical (unpaired) electrons. The van der Waals surface area contributed by atoms with Gasteiger partial charge in [0.1, 0.15) is 0 Å². The Bertz CT molecular complexity index is 922. The first kappa shape index (κ1) is 14.4. The minimum atomic E-state index is -0.323. The summed E-state index contributed by atoms with van der Waals surface area (Å²) in [7, 11) is 0. The SMILES string of the molecule is CC(=O)c1ccc2c(c1)sc(=O)n2C(=O)Cc1ccccc1. The number of aromatic nitrogens is 1. The van der Waals surface area contributed by atoms with E-state index in [0.717, 1.165) is 16.9 Å². The third kappa shape index (κ3) is 2.63. The van der Waals surface area contributed by atoms with Gasteiger partial charge in [0.25, 0.3) is 0 Å². The van der Waals surface area contributed by atoms with Gasteiger partial charge in [0.15, 0.2) is 5.78 Å². The minimum absolute atomic E-state index is 0.0649. The molecule has 0 atom stereocenters. The second-order valence-electron chi connectivity index (χ2n) is 5.00. The molecule has 0 aliphatic carbocycles. The number of fused-ring (bicyclic) bond motifs is 1. The van der Waals surface area contributed by atoms with Gasteiger partial charge in [-0.15, -0.1) is 0 Å². The molecule has 3 aromatic rings. The van der Waals surface area contributed by atoms with Gasteiger partial charge in [-0.2, -0.15) is 0 Å². The fraction of sp³-hybridized carbons (Fsp3) is 0.118. The van der Waals surface area contributed by atoms with Crippen molar-refractivity contribution in [2.75, 3.05) is 0 Å². The standard InChI is InChI=1S/C17H13NO3S/c1-11(19)13-7-8-14-15(10-13)22-17(21)18(14)16(20)9-12-5-3-2-4-6-12/h2-8,10H,9H2,1H3. The lowest BCUT2D eigenvalue weighted by atomic mass is 10.1. The Labute approximate surface area is 130 Å². The van der Waals surface area contributed by atoms with Gasteiger partial charge in [0, 0.05) is 5.56 Å². The average Bonchev–Trinajstić information content (AvgIpc) is 2.83. The Balaban J connectivity index is 2.03. The molecule has 0 saturated heterocycles. The number of Topliss-reactive ketones (excluding diaryl/α,β-unsaturated/α-hetero) is 1. The second-order valence-corrected chi connectivity index (χ2v) is 5.99. The van der Waals surface area contributed by atoms with Crippen molar-refractivity contribution in [2.24, 2.45) is 0 Å². The summed E-state index contributed by atoms with van der Waals surface area (Å²) in [6, 6.07) is 14.3. The number of hydrogen-bond donors (Lipinski definition) is 0. The van der Waals surface area contributed by atoms with Crippen molar-refractivity contribution >= 4 is 33.2 Å². The number of nitrogens with zero attached hydrogens (tertiary/aromatic N) is 1. The van der Waals surface area contributed by atoms with Crippen LogP contribution in [0.1, 0.15) is 27.6 Å². The minimum Gasteiger partial charge on any atom is -0.295 e. The van der Waals surface area contributed by atoms with E-state index in [2.05, 4.69) is 0 Å². The zero-order chi connectivity index (χ0) is 15.7. The molecule has 0 aliphatic rings. The van der Waals surface area contributed by atoms with E-state index in [0.29, 0.717) is 15.8 Å².